The van der Waals surface area contributed by atoms with E-state index in [-0.39, 0.29) is 52.1 Å². The molecule has 5 heteroatoms. The van der Waals surface area contributed by atoms with E-state index in [1.54, 1.807) is 6.08 Å². The minimum atomic E-state index is -0.383. The van der Waals surface area contributed by atoms with Gasteiger partial charge in [-0.3, -0.25) is 19.2 Å². The van der Waals surface area contributed by atoms with Gasteiger partial charge in [-0.1, -0.05) is 31.1 Å². The van der Waals surface area contributed by atoms with Crippen LogP contribution in [0.2, 0.25) is 0 Å². The van der Waals surface area contributed by atoms with Gasteiger partial charge in [-0.2, -0.15) is 0 Å². The second-order valence-electron chi connectivity index (χ2n) is 10.5. The zero-order valence-corrected chi connectivity index (χ0v) is 19.4. The van der Waals surface area contributed by atoms with Crippen molar-refractivity contribution in [2.75, 3.05) is 0 Å². The largest absolute Gasteiger partial charge is 0.459 e. The van der Waals surface area contributed by atoms with Crippen molar-refractivity contribution in [3.8, 4) is 0 Å². The standard InChI is InChI=1S/C27H34O5/c1-17-8-13-27(14-10-24(31)32-27)11-4-5-22-25(17)21(23(30)7-6-18(2)28)16-19-15-20(29)9-12-26(19,22)3/h5-7,15,17,21,25H,4,8-14,16H2,1-3H3/b7-6-,22-5+/t17-,21-,25+,26-,27+/m0/s1. The number of hydrogen-bond donors (Lipinski definition) is 0. The van der Waals surface area contributed by atoms with E-state index in [1.807, 2.05) is 0 Å². The molecule has 0 amide bonds. The van der Waals surface area contributed by atoms with Gasteiger partial charge in [-0.05, 0) is 81.9 Å². The molecule has 1 saturated heterocycles. The topological polar surface area (TPSA) is 77.5 Å². The molecule has 1 aliphatic heterocycles. The molecule has 1 spiro atoms. The summed E-state index contributed by atoms with van der Waals surface area (Å²) < 4.78 is 5.83. The highest BCUT2D eigenvalue weighted by Gasteiger charge is 2.51. The molecule has 0 N–H and O–H groups in total. The molecule has 4 rings (SSSR count). The van der Waals surface area contributed by atoms with Crippen LogP contribution in [0.1, 0.15) is 78.6 Å². The van der Waals surface area contributed by atoms with E-state index in [2.05, 4.69) is 19.9 Å². The number of carbonyl (C=O) groups excluding carboxylic acids is 4. The molecule has 32 heavy (non-hydrogen) atoms. The van der Waals surface area contributed by atoms with Crippen LogP contribution in [0.15, 0.2) is 35.5 Å². The van der Waals surface area contributed by atoms with E-state index in [4.69, 9.17) is 4.74 Å². The molecule has 0 bridgehead atoms. The van der Waals surface area contributed by atoms with Crippen molar-refractivity contribution in [1.29, 1.82) is 0 Å². The molecule has 172 valence electrons. The molecule has 0 aromatic rings. The summed E-state index contributed by atoms with van der Waals surface area (Å²) in [6.45, 7) is 5.88. The molecule has 5 nitrogen and oxygen atoms in total. The second kappa shape index (κ2) is 8.57. The quantitative estimate of drug-likeness (QED) is 0.358. The van der Waals surface area contributed by atoms with Gasteiger partial charge < -0.3 is 4.74 Å². The third kappa shape index (κ3) is 4.18. The highest BCUT2D eigenvalue weighted by atomic mass is 16.6. The minimum absolute atomic E-state index is 0.0369. The SMILES string of the molecule is CC(=O)/C=C\C(=O)[C@@H]1CC2=CC(=O)CC[C@]2(C)/C2=C/CC[C@]3(CCC(=O)O3)CC[C@H](C)[C@@H]21. The Morgan fingerprint density at radius 1 is 1.09 bits per heavy atom. The first-order valence-corrected chi connectivity index (χ1v) is 12.0. The Balaban J connectivity index is 1.75. The van der Waals surface area contributed by atoms with Crippen molar-refractivity contribution in [2.45, 2.75) is 84.2 Å². The van der Waals surface area contributed by atoms with E-state index in [0.29, 0.717) is 19.3 Å². The van der Waals surface area contributed by atoms with Crippen LogP contribution in [-0.4, -0.2) is 28.9 Å². The highest BCUT2D eigenvalue weighted by Crippen LogP contribution is 2.57. The van der Waals surface area contributed by atoms with Crippen LogP contribution in [-0.2, 0) is 23.9 Å². The van der Waals surface area contributed by atoms with Gasteiger partial charge in [0.15, 0.2) is 17.3 Å². The Bertz CT molecular complexity index is 938. The Morgan fingerprint density at radius 2 is 1.88 bits per heavy atom. The summed E-state index contributed by atoms with van der Waals surface area (Å²) in [5, 5.41) is 0. The van der Waals surface area contributed by atoms with Gasteiger partial charge in [-0.15, -0.1) is 0 Å². The van der Waals surface area contributed by atoms with Crippen LogP contribution in [0.4, 0.5) is 0 Å². The third-order valence-electron chi connectivity index (χ3n) is 8.38. The number of carbonyl (C=O) groups is 4. The molecule has 1 heterocycles. The van der Waals surface area contributed by atoms with E-state index in [1.165, 1.54) is 24.6 Å². The summed E-state index contributed by atoms with van der Waals surface area (Å²) >= 11 is 0. The van der Waals surface area contributed by atoms with Gasteiger partial charge in [-0.25, -0.2) is 0 Å². The maximum atomic E-state index is 13.3. The minimum Gasteiger partial charge on any atom is -0.459 e. The van der Waals surface area contributed by atoms with Gasteiger partial charge in [0, 0.05) is 24.2 Å². The predicted octanol–water partition coefficient (Wildman–Crippen LogP) is 4.84. The molecule has 1 saturated carbocycles. The molecule has 3 aliphatic carbocycles. The fraction of sp³-hybridized carbons (Fsp3) is 0.630. The van der Waals surface area contributed by atoms with Crippen molar-refractivity contribution in [1.82, 2.24) is 0 Å². The number of ketones is 3. The fourth-order valence-electron chi connectivity index (χ4n) is 6.50. The summed E-state index contributed by atoms with van der Waals surface area (Å²) in [6, 6.07) is 0. The molecule has 0 aromatic carbocycles. The number of esters is 1. The molecular weight excluding hydrogens is 404 g/mol. The van der Waals surface area contributed by atoms with Gasteiger partial charge in [0.2, 0.25) is 0 Å². The van der Waals surface area contributed by atoms with Gasteiger partial charge in [0.25, 0.3) is 0 Å². The molecule has 2 fully saturated rings. The number of rotatable bonds is 3. The maximum Gasteiger partial charge on any atom is 0.306 e. The van der Waals surface area contributed by atoms with Crippen LogP contribution in [0.25, 0.3) is 0 Å². The maximum absolute atomic E-state index is 13.3. The Morgan fingerprint density at radius 3 is 2.56 bits per heavy atom. The van der Waals surface area contributed by atoms with E-state index in [9.17, 15) is 19.2 Å². The monoisotopic (exact) mass is 438 g/mol. The van der Waals surface area contributed by atoms with Crippen molar-refractivity contribution in [2.24, 2.45) is 23.2 Å². The molecule has 0 aromatic heterocycles. The summed E-state index contributed by atoms with van der Waals surface area (Å²) in [5.74, 6) is -0.146. The normalized spacial score (nSPS) is 39.2. The van der Waals surface area contributed by atoms with Gasteiger partial charge in [0.05, 0.1) is 0 Å². The van der Waals surface area contributed by atoms with Crippen LogP contribution >= 0.6 is 0 Å². The van der Waals surface area contributed by atoms with Crippen LogP contribution in [0.5, 0.6) is 0 Å². The summed E-state index contributed by atoms with van der Waals surface area (Å²) in [4.78, 5) is 48.9. The summed E-state index contributed by atoms with van der Waals surface area (Å²) in [6.07, 6.45) is 13.3. The lowest BCUT2D eigenvalue weighted by Crippen LogP contribution is -2.44. The third-order valence-corrected chi connectivity index (χ3v) is 8.38. The predicted molar refractivity (Wildman–Crippen MR) is 121 cm³/mol. The molecule has 5 atom stereocenters. The Labute approximate surface area is 190 Å². The lowest BCUT2D eigenvalue weighted by Gasteiger charge is -2.50. The molecule has 0 radical (unpaired) electrons. The first kappa shape index (κ1) is 22.9. The Kier molecular flexibility index (Phi) is 6.12. The van der Waals surface area contributed by atoms with Crippen LogP contribution < -0.4 is 0 Å². The van der Waals surface area contributed by atoms with E-state index < -0.39 is 0 Å². The molecular formula is C27H34O5. The van der Waals surface area contributed by atoms with Crippen molar-refractivity contribution in [3.63, 3.8) is 0 Å². The molecule has 0 unspecified atom stereocenters. The second-order valence-corrected chi connectivity index (χ2v) is 10.5. The van der Waals surface area contributed by atoms with Crippen LogP contribution in [0.3, 0.4) is 0 Å². The smallest absolute Gasteiger partial charge is 0.306 e. The van der Waals surface area contributed by atoms with Crippen molar-refractivity contribution < 1.29 is 23.9 Å². The van der Waals surface area contributed by atoms with E-state index in [0.717, 1.165) is 44.1 Å². The number of ether oxygens (including phenoxy) is 1. The average Bonchev–Trinajstić information content (AvgIpc) is 3.13. The average molecular weight is 439 g/mol. The van der Waals surface area contributed by atoms with Crippen molar-refractivity contribution in [3.05, 3.63) is 35.5 Å². The Hall–Kier alpha value is -2.30. The zero-order valence-electron chi connectivity index (χ0n) is 19.4. The van der Waals surface area contributed by atoms with Crippen LogP contribution in [0, 0.1) is 23.2 Å². The zero-order chi connectivity index (χ0) is 23.1. The highest BCUT2D eigenvalue weighted by molar-refractivity contribution is 5.99. The first-order valence-electron chi connectivity index (χ1n) is 12.0. The molecule has 4 aliphatic rings. The lowest BCUT2D eigenvalue weighted by molar-refractivity contribution is -0.149. The van der Waals surface area contributed by atoms with E-state index >= 15 is 0 Å². The lowest BCUT2D eigenvalue weighted by atomic mass is 9.53. The van der Waals surface area contributed by atoms with Gasteiger partial charge >= 0.3 is 5.97 Å². The van der Waals surface area contributed by atoms with Gasteiger partial charge in [0.1, 0.15) is 5.60 Å². The number of fused-ring (bicyclic) bond motifs is 3. The first-order chi connectivity index (χ1) is 15.1. The van der Waals surface area contributed by atoms with Crippen molar-refractivity contribution >= 4 is 23.3 Å². The number of allylic oxidation sites excluding steroid dienone is 6. The summed E-state index contributed by atoms with van der Waals surface area (Å²) in [7, 11) is 0. The fourth-order valence-corrected chi connectivity index (χ4v) is 6.50. The number of hydrogen-bond acceptors (Lipinski definition) is 5. The summed E-state index contributed by atoms with van der Waals surface area (Å²) in [5.41, 5.74) is 1.73.